The van der Waals surface area contributed by atoms with Crippen LogP contribution in [-0.4, -0.2) is 40.5 Å². The van der Waals surface area contributed by atoms with Gasteiger partial charge in [0.25, 0.3) is 0 Å². The number of nitrogens with zero attached hydrogens (tertiary/aromatic N) is 3. The summed E-state index contributed by atoms with van der Waals surface area (Å²) in [4.78, 5) is 15.8. The van der Waals surface area contributed by atoms with E-state index >= 15 is 0 Å². The lowest BCUT2D eigenvalue weighted by molar-refractivity contribution is -0.114. The normalized spacial score (nSPS) is 10.7. The summed E-state index contributed by atoms with van der Waals surface area (Å²) in [5, 5.41) is 7.29. The maximum Gasteiger partial charge on any atom is 0.336 e. The Kier molecular flexibility index (Phi) is 6.39. The van der Waals surface area contributed by atoms with Crippen LogP contribution >= 0.6 is 0 Å². The summed E-state index contributed by atoms with van der Waals surface area (Å²) in [5.41, 5.74) is 3.61. The number of hydrogen-bond donors (Lipinski definition) is 1. The highest BCUT2D eigenvalue weighted by Crippen LogP contribution is 2.26. The molecule has 7 nitrogen and oxygen atoms in total. The van der Waals surface area contributed by atoms with Crippen molar-refractivity contribution in [2.24, 2.45) is 0 Å². The van der Waals surface area contributed by atoms with Gasteiger partial charge >= 0.3 is 6.01 Å². The Morgan fingerprint density at radius 2 is 1.86 bits per heavy atom. The number of ether oxygens (including phenoxy) is 2. The van der Waals surface area contributed by atoms with Crippen molar-refractivity contribution in [3.8, 4) is 23.1 Å². The first-order valence-electron chi connectivity index (χ1n) is 9.20. The second kappa shape index (κ2) is 9.14. The third kappa shape index (κ3) is 4.75. The number of carbonyl (C=O) groups is 1. The van der Waals surface area contributed by atoms with Crippen molar-refractivity contribution in [3.05, 3.63) is 54.1 Å². The smallest absolute Gasteiger partial charge is 0.336 e. The lowest BCUT2D eigenvalue weighted by atomic mass is 10.1. The highest BCUT2D eigenvalue weighted by molar-refractivity contribution is 5.88. The molecule has 3 rings (SSSR count). The minimum absolute atomic E-state index is 0.112. The maximum atomic E-state index is 11.2. The molecule has 0 unspecified atom stereocenters. The zero-order chi connectivity index (χ0) is 19.9. The molecule has 7 heteroatoms. The Hall–Kier alpha value is -3.19. The van der Waals surface area contributed by atoms with Crippen molar-refractivity contribution < 1.29 is 14.3 Å². The van der Waals surface area contributed by atoms with E-state index < -0.39 is 0 Å². The van der Waals surface area contributed by atoms with Crippen LogP contribution in [0, 0.1) is 6.92 Å². The average molecular weight is 380 g/mol. The van der Waals surface area contributed by atoms with Crippen LogP contribution < -0.4 is 10.1 Å². The summed E-state index contributed by atoms with van der Waals surface area (Å²) in [6.07, 6.45) is 0. The number of carbonyl (C=O) groups excluding carboxylic acids is 1. The predicted molar refractivity (Wildman–Crippen MR) is 108 cm³/mol. The van der Waals surface area contributed by atoms with Crippen molar-refractivity contribution in [1.29, 1.82) is 0 Å². The molecular formula is C21H24N4O3. The number of aromatic nitrogens is 3. The van der Waals surface area contributed by atoms with Crippen LogP contribution in [0.3, 0.4) is 0 Å². The van der Waals surface area contributed by atoms with Crippen LogP contribution in [0.5, 0.6) is 6.01 Å². The Balaban J connectivity index is 1.94. The lowest BCUT2D eigenvalue weighted by Gasteiger charge is -2.09. The van der Waals surface area contributed by atoms with Crippen LogP contribution in [0.1, 0.15) is 19.4 Å². The number of nitrogens with one attached hydrogen (secondary N) is 1. The first kappa shape index (κ1) is 19.6. The van der Waals surface area contributed by atoms with Crippen LogP contribution in [-0.2, 0) is 9.53 Å². The van der Waals surface area contributed by atoms with Gasteiger partial charge in [0.05, 0.1) is 12.3 Å². The van der Waals surface area contributed by atoms with Gasteiger partial charge in [-0.2, -0.15) is 4.98 Å². The van der Waals surface area contributed by atoms with Crippen LogP contribution in [0.2, 0.25) is 0 Å². The first-order chi connectivity index (χ1) is 13.6. The molecule has 28 heavy (non-hydrogen) atoms. The number of anilines is 1. The van der Waals surface area contributed by atoms with Gasteiger partial charge in [-0.15, -0.1) is 5.10 Å². The standard InChI is InChI=1S/C21H24N4O3/c1-4-27-13-14-28-21-23-20(19-8-6-5-7-15(19)2)25(24-21)18-11-9-17(10-12-18)22-16(3)26/h5-12H,4,13-14H2,1-3H3,(H,22,26). The fraction of sp³-hybridized carbons (Fsp3) is 0.286. The number of rotatable bonds is 8. The fourth-order valence-electron chi connectivity index (χ4n) is 2.76. The van der Waals surface area contributed by atoms with Crippen molar-refractivity contribution in [3.63, 3.8) is 0 Å². The molecule has 146 valence electrons. The summed E-state index contributed by atoms with van der Waals surface area (Å²) in [6.45, 7) is 6.95. The molecule has 1 heterocycles. The molecule has 2 aromatic carbocycles. The van der Waals surface area contributed by atoms with E-state index in [-0.39, 0.29) is 5.91 Å². The number of hydrogen-bond acceptors (Lipinski definition) is 5. The van der Waals surface area contributed by atoms with Gasteiger partial charge in [-0.05, 0) is 43.7 Å². The van der Waals surface area contributed by atoms with Gasteiger partial charge in [0, 0.05) is 24.8 Å². The van der Waals surface area contributed by atoms with Gasteiger partial charge in [-0.25, -0.2) is 4.68 Å². The first-order valence-corrected chi connectivity index (χ1v) is 9.20. The summed E-state index contributed by atoms with van der Waals surface area (Å²) >= 11 is 0. The predicted octanol–water partition coefficient (Wildman–Crippen LogP) is 3.62. The second-order valence-electron chi connectivity index (χ2n) is 6.22. The van der Waals surface area contributed by atoms with Crippen molar-refractivity contribution in [2.75, 3.05) is 25.1 Å². The minimum atomic E-state index is -0.112. The third-order valence-corrected chi connectivity index (χ3v) is 4.07. The number of benzene rings is 2. The van der Waals surface area contributed by atoms with E-state index in [4.69, 9.17) is 9.47 Å². The monoisotopic (exact) mass is 380 g/mol. The van der Waals surface area contributed by atoms with E-state index in [0.717, 1.165) is 22.5 Å². The molecule has 0 saturated heterocycles. The molecule has 1 N–H and O–H groups in total. The average Bonchev–Trinajstić information content (AvgIpc) is 3.10. The zero-order valence-corrected chi connectivity index (χ0v) is 16.3. The Morgan fingerprint density at radius 1 is 1.11 bits per heavy atom. The molecule has 0 aliphatic rings. The molecule has 1 aromatic heterocycles. The summed E-state index contributed by atoms with van der Waals surface area (Å²) in [7, 11) is 0. The Labute approximate surface area is 164 Å². The topological polar surface area (TPSA) is 78.3 Å². The van der Waals surface area contributed by atoms with Crippen molar-refractivity contribution in [2.45, 2.75) is 20.8 Å². The van der Waals surface area contributed by atoms with E-state index in [1.54, 1.807) is 4.68 Å². The van der Waals surface area contributed by atoms with Crippen LogP contribution in [0.25, 0.3) is 17.1 Å². The molecule has 0 bridgehead atoms. The zero-order valence-electron chi connectivity index (χ0n) is 16.3. The van der Waals surface area contributed by atoms with Gasteiger partial charge < -0.3 is 14.8 Å². The van der Waals surface area contributed by atoms with Crippen molar-refractivity contribution in [1.82, 2.24) is 14.8 Å². The SMILES string of the molecule is CCOCCOc1nc(-c2ccccc2C)n(-c2ccc(NC(C)=O)cc2)n1. The molecular weight excluding hydrogens is 356 g/mol. The summed E-state index contributed by atoms with van der Waals surface area (Å²) in [6, 6.07) is 15.7. The molecule has 0 fully saturated rings. The maximum absolute atomic E-state index is 11.2. The van der Waals surface area contributed by atoms with E-state index in [0.29, 0.717) is 31.7 Å². The second-order valence-corrected chi connectivity index (χ2v) is 6.22. The van der Waals surface area contributed by atoms with Gasteiger partial charge in [-0.3, -0.25) is 4.79 Å². The highest BCUT2D eigenvalue weighted by atomic mass is 16.5. The molecule has 0 aliphatic heterocycles. The van der Waals surface area contributed by atoms with E-state index in [1.807, 2.05) is 62.4 Å². The minimum Gasteiger partial charge on any atom is -0.460 e. The highest BCUT2D eigenvalue weighted by Gasteiger charge is 2.16. The lowest BCUT2D eigenvalue weighted by Crippen LogP contribution is -2.07. The Morgan fingerprint density at radius 3 is 2.54 bits per heavy atom. The van der Waals surface area contributed by atoms with E-state index in [2.05, 4.69) is 15.4 Å². The van der Waals surface area contributed by atoms with Crippen molar-refractivity contribution >= 4 is 11.6 Å². The van der Waals surface area contributed by atoms with Gasteiger partial charge in [0.1, 0.15) is 6.61 Å². The van der Waals surface area contributed by atoms with E-state index in [9.17, 15) is 4.79 Å². The summed E-state index contributed by atoms with van der Waals surface area (Å²) < 4.78 is 12.7. The quantitative estimate of drug-likeness (QED) is 0.604. The fourth-order valence-corrected chi connectivity index (χ4v) is 2.76. The van der Waals surface area contributed by atoms with Gasteiger partial charge in [-0.1, -0.05) is 24.3 Å². The molecule has 0 atom stereocenters. The number of aryl methyl sites for hydroxylation is 1. The van der Waals surface area contributed by atoms with Crippen LogP contribution in [0.4, 0.5) is 5.69 Å². The molecule has 0 saturated carbocycles. The van der Waals surface area contributed by atoms with Gasteiger partial charge in [0.2, 0.25) is 5.91 Å². The molecule has 0 radical (unpaired) electrons. The summed E-state index contributed by atoms with van der Waals surface area (Å²) in [5.74, 6) is 0.580. The van der Waals surface area contributed by atoms with Gasteiger partial charge in [0.15, 0.2) is 5.82 Å². The molecule has 3 aromatic rings. The molecule has 1 amide bonds. The third-order valence-electron chi connectivity index (χ3n) is 4.07. The largest absolute Gasteiger partial charge is 0.460 e. The number of amides is 1. The molecule has 0 spiro atoms. The molecule has 0 aliphatic carbocycles. The van der Waals surface area contributed by atoms with E-state index in [1.165, 1.54) is 6.92 Å². The van der Waals surface area contributed by atoms with Crippen LogP contribution in [0.15, 0.2) is 48.5 Å². The Bertz CT molecular complexity index is 935.